The number of aromatic nitrogens is 1. The zero-order valence-electron chi connectivity index (χ0n) is 14.5. The number of anilines is 1. The smallest absolute Gasteiger partial charge is 0.322 e. The van der Waals surface area contributed by atoms with Crippen molar-refractivity contribution in [3.05, 3.63) is 66.4 Å². The van der Waals surface area contributed by atoms with Crippen molar-refractivity contribution in [2.45, 2.75) is 26.0 Å². The molecule has 3 rings (SSSR count). The molecular weight excluding hydrogens is 314 g/mol. The first kappa shape index (κ1) is 17.0. The number of urea groups is 1. The van der Waals surface area contributed by atoms with Crippen LogP contribution in [0.4, 0.5) is 10.5 Å². The molecular formula is C20H23N3O2. The van der Waals surface area contributed by atoms with Crippen LogP contribution in [0.3, 0.4) is 0 Å². The molecule has 0 unspecified atom stereocenters. The van der Waals surface area contributed by atoms with Gasteiger partial charge in [0.2, 0.25) is 0 Å². The summed E-state index contributed by atoms with van der Waals surface area (Å²) in [5, 5.41) is 14.1. The molecule has 0 atom stereocenters. The molecule has 0 bridgehead atoms. The molecule has 1 heterocycles. The van der Waals surface area contributed by atoms with Gasteiger partial charge in [-0.3, -0.25) is 0 Å². The van der Waals surface area contributed by atoms with E-state index in [1.807, 2.05) is 60.8 Å². The van der Waals surface area contributed by atoms with Gasteiger partial charge in [-0.05, 0) is 43.7 Å². The topological polar surface area (TPSA) is 68.4 Å². The SMILES string of the molecule is CC(C)(O)CN(Cc1ccccc1)C(=O)Nc1ccc2[nH]ccc2c1. The van der Waals surface area contributed by atoms with E-state index in [1.165, 1.54) is 0 Å². The Morgan fingerprint density at radius 3 is 2.64 bits per heavy atom. The van der Waals surface area contributed by atoms with E-state index in [0.29, 0.717) is 6.54 Å². The number of H-pyrrole nitrogens is 1. The van der Waals surface area contributed by atoms with Gasteiger partial charge in [-0.15, -0.1) is 0 Å². The molecule has 1 aromatic heterocycles. The Balaban J connectivity index is 1.77. The summed E-state index contributed by atoms with van der Waals surface area (Å²) in [5.74, 6) is 0. The molecule has 5 heteroatoms. The van der Waals surface area contributed by atoms with Crippen LogP contribution in [0.5, 0.6) is 0 Å². The molecule has 130 valence electrons. The summed E-state index contributed by atoms with van der Waals surface area (Å²) in [6.45, 7) is 4.07. The van der Waals surface area contributed by atoms with Crippen LogP contribution in [0.2, 0.25) is 0 Å². The molecule has 3 N–H and O–H groups in total. The van der Waals surface area contributed by atoms with Gasteiger partial charge in [0.1, 0.15) is 0 Å². The molecule has 0 aliphatic rings. The zero-order valence-corrected chi connectivity index (χ0v) is 14.5. The fourth-order valence-electron chi connectivity index (χ4n) is 2.80. The van der Waals surface area contributed by atoms with Crippen LogP contribution in [0.25, 0.3) is 10.9 Å². The number of amides is 2. The molecule has 0 spiro atoms. The summed E-state index contributed by atoms with van der Waals surface area (Å²) in [7, 11) is 0. The normalized spacial score (nSPS) is 11.5. The highest BCUT2D eigenvalue weighted by Crippen LogP contribution is 2.19. The Morgan fingerprint density at radius 2 is 1.92 bits per heavy atom. The van der Waals surface area contributed by atoms with E-state index >= 15 is 0 Å². The lowest BCUT2D eigenvalue weighted by molar-refractivity contribution is 0.0469. The van der Waals surface area contributed by atoms with Gasteiger partial charge < -0.3 is 20.3 Å². The quantitative estimate of drug-likeness (QED) is 0.659. The first-order valence-corrected chi connectivity index (χ1v) is 8.30. The number of rotatable bonds is 5. The van der Waals surface area contributed by atoms with Gasteiger partial charge in [0, 0.05) is 29.3 Å². The number of fused-ring (bicyclic) bond motifs is 1. The highest BCUT2D eigenvalue weighted by molar-refractivity contribution is 5.92. The summed E-state index contributed by atoms with van der Waals surface area (Å²) >= 11 is 0. The van der Waals surface area contributed by atoms with Gasteiger partial charge >= 0.3 is 6.03 Å². The predicted octanol–water partition coefficient (Wildman–Crippen LogP) is 3.97. The van der Waals surface area contributed by atoms with E-state index in [1.54, 1.807) is 18.7 Å². The monoisotopic (exact) mass is 337 g/mol. The summed E-state index contributed by atoms with van der Waals surface area (Å²) < 4.78 is 0. The number of nitrogens with one attached hydrogen (secondary N) is 2. The minimum absolute atomic E-state index is 0.235. The number of carbonyl (C=O) groups excluding carboxylic acids is 1. The van der Waals surface area contributed by atoms with Crippen LogP contribution >= 0.6 is 0 Å². The maximum Gasteiger partial charge on any atom is 0.322 e. The fraction of sp³-hybridized carbons (Fsp3) is 0.250. The van der Waals surface area contributed by atoms with Gasteiger partial charge in [0.15, 0.2) is 0 Å². The molecule has 25 heavy (non-hydrogen) atoms. The number of benzene rings is 2. The second kappa shape index (κ2) is 6.99. The molecule has 0 radical (unpaired) electrons. The van der Waals surface area contributed by atoms with Gasteiger partial charge in [-0.1, -0.05) is 30.3 Å². The third-order valence-electron chi connectivity index (χ3n) is 3.89. The van der Waals surface area contributed by atoms with Crippen molar-refractivity contribution < 1.29 is 9.90 Å². The van der Waals surface area contributed by atoms with Crippen molar-refractivity contribution in [3.8, 4) is 0 Å². The van der Waals surface area contributed by atoms with Crippen LogP contribution in [-0.2, 0) is 6.54 Å². The number of carbonyl (C=O) groups is 1. The Hall–Kier alpha value is -2.79. The minimum Gasteiger partial charge on any atom is -0.389 e. The van der Waals surface area contributed by atoms with E-state index in [2.05, 4.69) is 10.3 Å². The second-order valence-corrected chi connectivity index (χ2v) is 6.86. The van der Waals surface area contributed by atoms with Crippen molar-refractivity contribution in [2.24, 2.45) is 0 Å². The minimum atomic E-state index is -0.975. The van der Waals surface area contributed by atoms with Gasteiger partial charge in [0.05, 0.1) is 12.1 Å². The summed E-state index contributed by atoms with van der Waals surface area (Å²) in [6, 6.07) is 17.2. The first-order chi connectivity index (χ1) is 11.9. The van der Waals surface area contributed by atoms with E-state index in [-0.39, 0.29) is 12.6 Å². The number of hydrogen-bond acceptors (Lipinski definition) is 2. The van der Waals surface area contributed by atoms with Crippen molar-refractivity contribution in [1.29, 1.82) is 0 Å². The van der Waals surface area contributed by atoms with Crippen LogP contribution < -0.4 is 5.32 Å². The summed E-state index contributed by atoms with van der Waals surface area (Å²) in [4.78, 5) is 17.5. The Kier molecular flexibility index (Phi) is 4.76. The highest BCUT2D eigenvalue weighted by Gasteiger charge is 2.23. The maximum atomic E-state index is 12.8. The molecule has 5 nitrogen and oxygen atoms in total. The van der Waals surface area contributed by atoms with E-state index < -0.39 is 5.60 Å². The average molecular weight is 337 g/mol. The summed E-state index contributed by atoms with van der Waals surface area (Å²) in [6.07, 6.45) is 1.87. The molecule has 2 aromatic carbocycles. The Bertz CT molecular complexity index is 850. The lowest BCUT2D eigenvalue weighted by Crippen LogP contribution is -2.43. The lowest BCUT2D eigenvalue weighted by Gasteiger charge is -2.29. The van der Waals surface area contributed by atoms with Gasteiger partial charge in [-0.2, -0.15) is 0 Å². The van der Waals surface area contributed by atoms with E-state index in [0.717, 1.165) is 22.2 Å². The number of nitrogens with zero attached hydrogens (tertiary/aromatic N) is 1. The van der Waals surface area contributed by atoms with Crippen LogP contribution in [0.15, 0.2) is 60.8 Å². The molecule has 0 saturated heterocycles. The molecule has 0 saturated carbocycles. The van der Waals surface area contributed by atoms with E-state index in [4.69, 9.17) is 0 Å². The third-order valence-corrected chi connectivity index (χ3v) is 3.89. The number of aliphatic hydroxyl groups is 1. The zero-order chi connectivity index (χ0) is 17.9. The second-order valence-electron chi connectivity index (χ2n) is 6.86. The van der Waals surface area contributed by atoms with Crippen molar-refractivity contribution in [2.75, 3.05) is 11.9 Å². The molecule has 2 amide bonds. The van der Waals surface area contributed by atoms with Gasteiger partial charge in [-0.25, -0.2) is 4.79 Å². The van der Waals surface area contributed by atoms with Crippen LogP contribution in [0.1, 0.15) is 19.4 Å². The maximum absolute atomic E-state index is 12.8. The molecule has 0 aliphatic heterocycles. The van der Waals surface area contributed by atoms with Crippen LogP contribution in [-0.4, -0.2) is 33.2 Å². The fourth-order valence-corrected chi connectivity index (χ4v) is 2.80. The standard InChI is InChI=1S/C20H23N3O2/c1-20(2,25)14-23(13-15-6-4-3-5-7-15)19(24)22-17-8-9-18-16(12-17)10-11-21-18/h3-12,21,25H,13-14H2,1-2H3,(H,22,24). The molecule has 0 aliphatic carbocycles. The number of hydrogen-bond donors (Lipinski definition) is 3. The van der Waals surface area contributed by atoms with Crippen molar-refractivity contribution in [3.63, 3.8) is 0 Å². The summed E-state index contributed by atoms with van der Waals surface area (Å²) in [5.41, 5.74) is 1.79. The third kappa shape index (κ3) is 4.61. The van der Waals surface area contributed by atoms with E-state index in [9.17, 15) is 9.90 Å². The molecule has 0 fully saturated rings. The largest absolute Gasteiger partial charge is 0.389 e. The number of aromatic amines is 1. The lowest BCUT2D eigenvalue weighted by atomic mass is 10.1. The van der Waals surface area contributed by atoms with Crippen LogP contribution in [0, 0.1) is 0 Å². The predicted molar refractivity (Wildman–Crippen MR) is 100 cm³/mol. The molecule has 3 aromatic rings. The van der Waals surface area contributed by atoms with Crippen molar-refractivity contribution >= 4 is 22.6 Å². The Labute approximate surface area is 147 Å². The first-order valence-electron chi connectivity index (χ1n) is 8.30. The highest BCUT2D eigenvalue weighted by atomic mass is 16.3. The van der Waals surface area contributed by atoms with Crippen molar-refractivity contribution in [1.82, 2.24) is 9.88 Å². The van der Waals surface area contributed by atoms with Gasteiger partial charge in [0.25, 0.3) is 0 Å². The average Bonchev–Trinajstić information content (AvgIpc) is 3.01. The Morgan fingerprint density at radius 1 is 1.16 bits per heavy atom.